The number of amides is 1. The number of likely N-dealkylation sites (tertiary alicyclic amines) is 1. The van der Waals surface area contributed by atoms with E-state index in [0.29, 0.717) is 5.75 Å². The zero-order valence-electron chi connectivity index (χ0n) is 11.8. The van der Waals surface area contributed by atoms with Gasteiger partial charge in [-0.15, -0.1) is 0 Å². The Labute approximate surface area is 113 Å². The molecular formula is C13H26N2O2S. The van der Waals surface area contributed by atoms with Gasteiger partial charge in [0.2, 0.25) is 5.91 Å². The fourth-order valence-electron chi connectivity index (χ4n) is 2.15. The molecule has 18 heavy (non-hydrogen) atoms. The van der Waals surface area contributed by atoms with Crippen LogP contribution < -0.4 is 5.73 Å². The van der Waals surface area contributed by atoms with Crippen molar-refractivity contribution in [1.29, 1.82) is 0 Å². The van der Waals surface area contributed by atoms with Crippen LogP contribution in [0.4, 0.5) is 0 Å². The fraction of sp³-hybridized carbons (Fsp3) is 0.923. The molecule has 0 aliphatic carbocycles. The molecular weight excluding hydrogens is 248 g/mol. The second-order valence-corrected chi connectivity index (χ2v) is 7.65. The summed E-state index contributed by atoms with van der Waals surface area (Å²) in [5, 5.41) is -0.439. The van der Waals surface area contributed by atoms with E-state index < -0.39 is 21.6 Å². The van der Waals surface area contributed by atoms with Crippen molar-refractivity contribution < 1.29 is 9.00 Å². The highest BCUT2D eigenvalue weighted by atomic mass is 32.2. The Morgan fingerprint density at radius 1 is 1.28 bits per heavy atom. The van der Waals surface area contributed by atoms with E-state index in [0.717, 1.165) is 25.9 Å². The normalized spacial score (nSPS) is 21.2. The molecule has 1 rings (SSSR count). The van der Waals surface area contributed by atoms with Gasteiger partial charge in [-0.05, 0) is 33.6 Å². The van der Waals surface area contributed by atoms with Crippen molar-refractivity contribution in [1.82, 2.24) is 4.90 Å². The van der Waals surface area contributed by atoms with Gasteiger partial charge in [0.1, 0.15) is 5.25 Å². The van der Waals surface area contributed by atoms with Gasteiger partial charge in [0, 0.05) is 35.2 Å². The molecule has 0 aromatic carbocycles. The van der Waals surface area contributed by atoms with Gasteiger partial charge in [-0.25, -0.2) is 0 Å². The second kappa shape index (κ2) is 6.66. The lowest BCUT2D eigenvalue weighted by atomic mass is 10.1. The predicted octanol–water partition coefficient (Wildman–Crippen LogP) is 1.26. The molecule has 0 saturated carbocycles. The first-order valence-corrected chi connectivity index (χ1v) is 8.14. The molecule has 2 atom stereocenters. The van der Waals surface area contributed by atoms with Gasteiger partial charge in [-0.2, -0.15) is 0 Å². The summed E-state index contributed by atoms with van der Waals surface area (Å²) < 4.78 is 12.1. The molecule has 0 radical (unpaired) electrons. The molecule has 1 fully saturated rings. The van der Waals surface area contributed by atoms with E-state index in [1.807, 2.05) is 18.7 Å². The molecule has 1 heterocycles. The number of rotatable bonds is 4. The van der Waals surface area contributed by atoms with Crippen LogP contribution in [0.3, 0.4) is 0 Å². The molecule has 0 spiro atoms. The van der Waals surface area contributed by atoms with Crippen LogP contribution in [0.1, 0.15) is 46.5 Å². The van der Waals surface area contributed by atoms with Gasteiger partial charge >= 0.3 is 0 Å². The molecule has 2 N–H and O–H groups in total. The zero-order chi connectivity index (χ0) is 13.8. The Hall–Kier alpha value is -0.420. The molecule has 0 aromatic heterocycles. The number of nitrogens with zero attached hydrogens (tertiary/aromatic N) is 1. The van der Waals surface area contributed by atoms with Crippen LogP contribution in [0.25, 0.3) is 0 Å². The standard InChI is InChI=1S/C13H26N2O2S/c1-11(18(17)10-13(2,3)14)12(16)15-8-6-4-5-7-9-15/h11H,4-10,14H2,1-3H3. The van der Waals surface area contributed by atoms with Crippen LogP contribution in [0, 0.1) is 0 Å². The average Bonchev–Trinajstić information content (AvgIpc) is 2.53. The maximum Gasteiger partial charge on any atom is 0.238 e. The van der Waals surface area contributed by atoms with Crippen molar-refractivity contribution >= 4 is 16.7 Å². The Balaban J connectivity index is 2.56. The monoisotopic (exact) mass is 274 g/mol. The largest absolute Gasteiger partial charge is 0.342 e. The first-order valence-electron chi connectivity index (χ1n) is 6.76. The van der Waals surface area contributed by atoms with Gasteiger partial charge in [-0.1, -0.05) is 12.8 Å². The maximum absolute atomic E-state index is 12.3. The minimum Gasteiger partial charge on any atom is -0.342 e. The molecule has 0 aromatic rings. The molecule has 1 aliphatic heterocycles. The number of carbonyl (C=O) groups excluding carboxylic acids is 1. The second-order valence-electron chi connectivity index (χ2n) is 5.90. The third-order valence-corrected chi connectivity index (χ3v) is 5.19. The molecule has 4 nitrogen and oxygen atoms in total. The Kier molecular flexibility index (Phi) is 5.79. The van der Waals surface area contributed by atoms with Crippen molar-refractivity contribution in [3.05, 3.63) is 0 Å². The Morgan fingerprint density at radius 3 is 2.22 bits per heavy atom. The van der Waals surface area contributed by atoms with Crippen LogP contribution in [-0.4, -0.2) is 44.6 Å². The molecule has 5 heteroatoms. The van der Waals surface area contributed by atoms with Crippen LogP contribution in [0.15, 0.2) is 0 Å². The van der Waals surface area contributed by atoms with E-state index in [-0.39, 0.29) is 5.91 Å². The van der Waals surface area contributed by atoms with Crippen molar-refractivity contribution in [3.63, 3.8) is 0 Å². The predicted molar refractivity (Wildman–Crippen MR) is 75.8 cm³/mol. The lowest BCUT2D eigenvalue weighted by Gasteiger charge is -2.26. The maximum atomic E-state index is 12.3. The molecule has 1 saturated heterocycles. The highest BCUT2D eigenvalue weighted by Gasteiger charge is 2.28. The highest BCUT2D eigenvalue weighted by Crippen LogP contribution is 2.13. The van der Waals surface area contributed by atoms with E-state index in [1.54, 1.807) is 6.92 Å². The minimum atomic E-state index is -1.19. The first-order chi connectivity index (χ1) is 8.31. The fourth-order valence-corrected chi connectivity index (χ4v) is 3.51. The summed E-state index contributed by atoms with van der Waals surface area (Å²) in [5.41, 5.74) is 5.37. The summed E-state index contributed by atoms with van der Waals surface area (Å²) in [5.74, 6) is 0.396. The molecule has 106 valence electrons. The van der Waals surface area contributed by atoms with Crippen molar-refractivity contribution in [2.45, 2.75) is 57.2 Å². The van der Waals surface area contributed by atoms with Crippen LogP contribution in [0.5, 0.6) is 0 Å². The van der Waals surface area contributed by atoms with Gasteiger partial charge in [0.25, 0.3) is 0 Å². The topological polar surface area (TPSA) is 63.4 Å². The molecule has 1 aliphatic rings. The third-order valence-electron chi connectivity index (χ3n) is 3.17. The van der Waals surface area contributed by atoms with E-state index in [2.05, 4.69) is 0 Å². The highest BCUT2D eigenvalue weighted by molar-refractivity contribution is 7.86. The Bertz CT molecular complexity index is 305. The average molecular weight is 274 g/mol. The third kappa shape index (κ3) is 5.06. The molecule has 1 amide bonds. The van der Waals surface area contributed by atoms with Crippen LogP contribution >= 0.6 is 0 Å². The lowest BCUT2D eigenvalue weighted by Crippen LogP contribution is -2.45. The van der Waals surface area contributed by atoms with E-state index >= 15 is 0 Å². The van der Waals surface area contributed by atoms with E-state index in [1.165, 1.54) is 12.8 Å². The molecule has 2 unspecified atom stereocenters. The van der Waals surface area contributed by atoms with Gasteiger partial charge < -0.3 is 10.6 Å². The van der Waals surface area contributed by atoms with Crippen molar-refractivity contribution in [2.24, 2.45) is 5.73 Å². The number of carbonyl (C=O) groups is 1. The summed E-state index contributed by atoms with van der Waals surface area (Å²) >= 11 is 0. The van der Waals surface area contributed by atoms with Crippen molar-refractivity contribution in [3.8, 4) is 0 Å². The smallest absolute Gasteiger partial charge is 0.238 e. The first kappa shape index (κ1) is 15.6. The SMILES string of the molecule is CC(C(=O)N1CCCCCC1)S(=O)CC(C)(C)N. The summed E-state index contributed by atoms with van der Waals surface area (Å²) in [6.45, 7) is 7.07. The number of nitrogens with two attached hydrogens (primary N) is 1. The lowest BCUT2D eigenvalue weighted by molar-refractivity contribution is -0.130. The number of hydrogen-bond acceptors (Lipinski definition) is 3. The number of hydrogen-bond donors (Lipinski definition) is 1. The summed E-state index contributed by atoms with van der Waals surface area (Å²) in [6.07, 6.45) is 4.51. The van der Waals surface area contributed by atoms with Gasteiger partial charge in [0.05, 0.1) is 0 Å². The van der Waals surface area contributed by atoms with E-state index in [4.69, 9.17) is 5.73 Å². The minimum absolute atomic E-state index is 0.0273. The summed E-state index contributed by atoms with van der Waals surface area (Å²) in [7, 11) is -1.19. The summed E-state index contributed by atoms with van der Waals surface area (Å²) in [6, 6.07) is 0. The van der Waals surface area contributed by atoms with Crippen LogP contribution in [-0.2, 0) is 15.6 Å². The van der Waals surface area contributed by atoms with E-state index in [9.17, 15) is 9.00 Å². The zero-order valence-corrected chi connectivity index (χ0v) is 12.6. The quantitative estimate of drug-likeness (QED) is 0.839. The van der Waals surface area contributed by atoms with Crippen LogP contribution in [0.2, 0.25) is 0 Å². The van der Waals surface area contributed by atoms with Gasteiger partial charge in [0.15, 0.2) is 0 Å². The summed E-state index contributed by atoms with van der Waals surface area (Å²) in [4.78, 5) is 14.1. The van der Waals surface area contributed by atoms with Gasteiger partial charge in [-0.3, -0.25) is 9.00 Å². The molecule has 0 bridgehead atoms. The van der Waals surface area contributed by atoms with Crippen molar-refractivity contribution in [2.75, 3.05) is 18.8 Å². The Morgan fingerprint density at radius 2 is 1.78 bits per heavy atom.